The molecule has 0 unspecified atom stereocenters. The van der Waals surface area contributed by atoms with Gasteiger partial charge in [0.2, 0.25) is 5.91 Å². The van der Waals surface area contributed by atoms with Gasteiger partial charge in [0, 0.05) is 17.0 Å². The summed E-state index contributed by atoms with van der Waals surface area (Å²) in [4.78, 5) is 23.8. The summed E-state index contributed by atoms with van der Waals surface area (Å²) in [5.74, 6) is -0.826. The monoisotopic (exact) mass is 336 g/mol. The number of nitriles is 1. The molecule has 7 heteroatoms. The number of aromatic hydroxyl groups is 1. The number of carbonyl (C=O) groups excluding carboxylic acids is 2. The van der Waals surface area contributed by atoms with Crippen LogP contribution in [0.5, 0.6) is 5.75 Å². The second kappa shape index (κ2) is 8.26. The number of nitrogens with zero attached hydrogens (tertiary/aromatic N) is 2. The molecule has 0 saturated heterocycles. The van der Waals surface area contributed by atoms with Gasteiger partial charge >= 0.3 is 0 Å². The van der Waals surface area contributed by atoms with E-state index in [2.05, 4.69) is 15.8 Å². The highest BCUT2D eigenvalue weighted by atomic mass is 16.3. The fraction of sp³-hybridized carbons (Fsp3) is 0.111. The van der Waals surface area contributed by atoms with Crippen molar-refractivity contribution in [3.8, 4) is 11.8 Å². The summed E-state index contributed by atoms with van der Waals surface area (Å²) in [5, 5.41) is 24.7. The lowest BCUT2D eigenvalue weighted by atomic mass is 10.2. The first-order chi connectivity index (χ1) is 12.0. The Morgan fingerprint density at radius 1 is 1.20 bits per heavy atom. The second-order valence-electron chi connectivity index (χ2n) is 5.26. The molecule has 0 aliphatic rings. The average molecular weight is 336 g/mol. The van der Waals surface area contributed by atoms with Crippen LogP contribution in [0, 0.1) is 11.3 Å². The van der Waals surface area contributed by atoms with Crippen molar-refractivity contribution in [2.75, 3.05) is 5.32 Å². The van der Waals surface area contributed by atoms with Gasteiger partial charge in [-0.2, -0.15) is 10.4 Å². The largest absolute Gasteiger partial charge is 0.508 e. The van der Waals surface area contributed by atoms with Crippen molar-refractivity contribution in [3.63, 3.8) is 0 Å². The highest BCUT2D eigenvalue weighted by Crippen LogP contribution is 2.11. The number of carbonyl (C=O) groups is 2. The van der Waals surface area contributed by atoms with E-state index in [1.54, 1.807) is 37.3 Å². The number of phenols is 1. The van der Waals surface area contributed by atoms with Crippen LogP contribution in [0.4, 0.5) is 5.69 Å². The summed E-state index contributed by atoms with van der Waals surface area (Å²) in [7, 11) is 0. The molecule has 0 heterocycles. The Balaban J connectivity index is 1.91. The first kappa shape index (κ1) is 17.7. The standard InChI is InChI=1S/C18H16N4O3/c1-12(21-22-18(25)14-5-3-7-16(23)10-14)8-17(24)20-15-6-2-4-13(9-15)11-19/h2-7,9-10,23H,8H2,1H3,(H,20,24)(H,22,25)/b21-12-. The van der Waals surface area contributed by atoms with Crippen LogP contribution in [0.25, 0.3) is 0 Å². The Bertz CT molecular complexity index is 869. The van der Waals surface area contributed by atoms with Gasteiger partial charge in [-0.25, -0.2) is 5.43 Å². The predicted octanol–water partition coefficient (Wildman–Crippen LogP) is 2.40. The summed E-state index contributed by atoms with van der Waals surface area (Å²) < 4.78 is 0. The lowest BCUT2D eigenvalue weighted by Gasteiger charge is -2.06. The van der Waals surface area contributed by atoms with Crippen molar-refractivity contribution >= 4 is 23.2 Å². The van der Waals surface area contributed by atoms with Crippen molar-refractivity contribution in [2.45, 2.75) is 13.3 Å². The third kappa shape index (κ3) is 5.48. The van der Waals surface area contributed by atoms with Crippen LogP contribution < -0.4 is 10.7 Å². The van der Waals surface area contributed by atoms with E-state index < -0.39 is 5.91 Å². The van der Waals surface area contributed by atoms with Crippen molar-refractivity contribution in [3.05, 3.63) is 59.7 Å². The van der Waals surface area contributed by atoms with E-state index >= 15 is 0 Å². The number of hydrogen-bond acceptors (Lipinski definition) is 5. The lowest BCUT2D eigenvalue weighted by Crippen LogP contribution is -2.21. The molecule has 0 aliphatic carbocycles. The Morgan fingerprint density at radius 3 is 2.68 bits per heavy atom. The number of hydrogen-bond donors (Lipinski definition) is 3. The van der Waals surface area contributed by atoms with Gasteiger partial charge in [0.25, 0.3) is 5.91 Å². The van der Waals surface area contributed by atoms with Crippen LogP contribution in [-0.4, -0.2) is 22.6 Å². The molecule has 126 valence electrons. The number of anilines is 1. The van der Waals surface area contributed by atoms with Gasteiger partial charge in [0.15, 0.2) is 0 Å². The molecular formula is C18H16N4O3. The molecule has 3 N–H and O–H groups in total. The van der Waals surface area contributed by atoms with E-state index in [0.717, 1.165) is 0 Å². The van der Waals surface area contributed by atoms with E-state index in [1.165, 1.54) is 18.2 Å². The first-order valence-corrected chi connectivity index (χ1v) is 7.40. The van der Waals surface area contributed by atoms with E-state index in [0.29, 0.717) is 17.0 Å². The molecular weight excluding hydrogens is 320 g/mol. The van der Waals surface area contributed by atoms with Gasteiger partial charge < -0.3 is 10.4 Å². The maximum absolute atomic E-state index is 12.0. The minimum Gasteiger partial charge on any atom is -0.508 e. The highest BCUT2D eigenvalue weighted by molar-refractivity contribution is 6.06. The van der Waals surface area contributed by atoms with Gasteiger partial charge in [-0.3, -0.25) is 9.59 Å². The van der Waals surface area contributed by atoms with E-state index in [-0.39, 0.29) is 23.6 Å². The van der Waals surface area contributed by atoms with Crippen molar-refractivity contribution in [1.82, 2.24) is 5.43 Å². The van der Waals surface area contributed by atoms with E-state index in [4.69, 9.17) is 5.26 Å². The predicted molar refractivity (Wildman–Crippen MR) is 93.1 cm³/mol. The molecule has 0 aliphatic heterocycles. The molecule has 2 aromatic rings. The maximum Gasteiger partial charge on any atom is 0.271 e. The van der Waals surface area contributed by atoms with Gasteiger partial charge in [-0.1, -0.05) is 12.1 Å². The summed E-state index contributed by atoms with van der Waals surface area (Å²) in [6.07, 6.45) is -0.0168. The molecule has 7 nitrogen and oxygen atoms in total. The van der Waals surface area contributed by atoms with E-state index in [9.17, 15) is 14.7 Å². The number of rotatable bonds is 5. The van der Waals surface area contributed by atoms with Crippen LogP contribution in [0.1, 0.15) is 29.3 Å². The number of nitrogens with one attached hydrogen (secondary N) is 2. The third-order valence-corrected chi connectivity index (χ3v) is 3.15. The minimum atomic E-state index is -0.489. The number of hydrazone groups is 1. The molecule has 0 fully saturated rings. The average Bonchev–Trinajstić information content (AvgIpc) is 2.59. The van der Waals surface area contributed by atoms with Crippen LogP contribution in [0.3, 0.4) is 0 Å². The van der Waals surface area contributed by atoms with Gasteiger partial charge in [-0.15, -0.1) is 0 Å². The number of amides is 2. The van der Waals surface area contributed by atoms with Crippen LogP contribution in [-0.2, 0) is 4.79 Å². The zero-order valence-corrected chi connectivity index (χ0v) is 13.5. The lowest BCUT2D eigenvalue weighted by molar-refractivity contribution is -0.115. The molecule has 0 atom stereocenters. The molecule has 0 aromatic heterocycles. The molecule has 25 heavy (non-hydrogen) atoms. The Hall–Kier alpha value is -3.66. The molecule has 0 spiro atoms. The van der Waals surface area contributed by atoms with Crippen LogP contribution in [0.2, 0.25) is 0 Å². The molecule has 2 amide bonds. The molecule has 0 saturated carbocycles. The topological polar surface area (TPSA) is 115 Å². The van der Waals surface area contributed by atoms with Gasteiger partial charge in [-0.05, 0) is 43.3 Å². The Morgan fingerprint density at radius 2 is 1.96 bits per heavy atom. The van der Waals surface area contributed by atoms with Crippen molar-refractivity contribution < 1.29 is 14.7 Å². The smallest absolute Gasteiger partial charge is 0.271 e. The second-order valence-corrected chi connectivity index (χ2v) is 5.26. The summed E-state index contributed by atoms with van der Waals surface area (Å²) >= 11 is 0. The fourth-order valence-corrected chi connectivity index (χ4v) is 2.00. The summed E-state index contributed by atoms with van der Waals surface area (Å²) in [6.45, 7) is 1.61. The van der Waals surface area contributed by atoms with Crippen molar-refractivity contribution in [2.24, 2.45) is 5.10 Å². The zero-order chi connectivity index (χ0) is 18.2. The van der Waals surface area contributed by atoms with Gasteiger partial charge in [0.05, 0.1) is 18.1 Å². The minimum absolute atomic E-state index is 0.0168. The van der Waals surface area contributed by atoms with Gasteiger partial charge in [0.1, 0.15) is 5.75 Å². The molecule has 2 rings (SSSR count). The van der Waals surface area contributed by atoms with E-state index in [1.807, 2.05) is 6.07 Å². The SMILES string of the molecule is C/C(CC(=O)Nc1cccc(C#N)c1)=N/NC(=O)c1cccc(O)c1. The molecule has 2 aromatic carbocycles. The molecule has 0 radical (unpaired) electrons. The summed E-state index contributed by atoms with van der Waals surface area (Å²) in [6, 6.07) is 14.4. The van der Waals surface area contributed by atoms with Crippen LogP contribution >= 0.6 is 0 Å². The summed E-state index contributed by atoms with van der Waals surface area (Å²) in [5.41, 5.74) is 3.95. The quantitative estimate of drug-likeness (QED) is 0.574. The Kier molecular flexibility index (Phi) is 5.85. The zero-order valence-electron chi connectivity index (χ0n) is 13.5. The maximum atomic E-state index is 12.0. The third-order valence-electron chi connectivity index (χ3n) is 3.15. The fourth-order valence-electron chi connectivity index (χ4n) is 2.00. The highest BCUT2D eigenvalue weighted by Gasteiger charge is 2.08. The number of benzene rings is 2. The normalized spacial score (nSPS) is 10.6. The first-order valence-electron chi connectivity index (χ1n) is 7.40. The van der Waals surface area contributed by atoms with Crippen molar-refractivity contribution in [1.29, 1.82) is 5.26 Å². The Labute approximate surface area is 144 Å². The number of phenolic OH excluding ortho intramolecular Hbond substituents is 1. The van der Waals surface area contributed by atoms with Crippen LogP contribution in [0.15, 0.2) is 53.6 Å². The molecule has 0 bridgehead atoms.